The van der Waals surface area contributed by atoms with Crippen LogP contribution in [0.25, 0.3) is 0 Å². The van der Waals surface area contributed by atoms with Crippen molar-refractivity contribution >= 4 is 17.6 Å². The lowest BCUT2D eigenvalue weighted by Gasteiger charge is -2.19. The number of carbonyl (C=O) groups excluding carboxylic acids is 2. The smallest absolute Gasteiger partial charge is 0.315 e. The number of anilines is 1. The molecule has 0 radical (unpaired) electrons. The second-order valence-corrected chi connectivity index (χ2v) is 7.80. The molecule has 1 atom stereocenters. The van der Waals surface area contributed by atoms with Gasteiger partial charge in [0.25, 0.3) is 0 Å². The van der Waals surface area contributed by atoms with E-state index in [2.05, 4.69) is 34.9 Å². The first-order valence-electron chi connectivity index (χ1n) is 10.7. The van der Waals surface area contributed by atoms with Gasteiger partial charge < -0.3 is 15.5 Å². The Hall–Kier alpha value is -3.60. The number of urea groups is 1. The fraction of sp³-hybridized carbons (Fsp3) is 0.231. The maximum absolute atomic E-state index is 12.5. The summed E-state index contributed by atoms with van der Waals surface area (Å²) in [5.41, 5.74) is 3.33. The van der Waals surface area contributed by atoms with Crippen molar-refractivity contribution < 1.29 is 9.59 Å². The molecule has 1 saturated heterocycles. The maximum Gasteiger partial charge on any atom is 0.315 e. The van der Waals surface area contributed by atoms with Crippen molar-refractivity contribution in [1.82, 2.24) is 10.6 Å². The Bertz CT molecular complexity index is 953. The van der Waals surface area contributed by atoms with Crippen LogP contribution < -0.4 is 15.5 Å². The van der Waals surface area contributed by atoms with Crippen LogP contribution in [0.5, 0.6) is 0 Å². The highest BCUT2D eigenvalue weighted by Gasteiger charge is 2.31. The molecule has 1 unspecified atom stereocenters. The number of para-hydroxylation sites is 1. The van der Waals surface area contributed by atoms with Crippen molar-refractivity contribution in [2.24, 2.45) is 0 Å². The van der Waals surface area contributed by atoms with Crippen LogP contribution in [0.3, 0.4) is 0 Å². The number of nitrogens with zero attached hydrogens (tertiary/aromatic N) is 1. The molecule has 4 rings (SSSR count). The Kier molecular flexibility index (Phi) is 6.62. The van der Waals surface area contributed by atoms with Crippen LogP contribution in [0, 0.1) is 0 Å². The molecule has 3 amide bonds. The molecule has 31 heavy (non-hydrogen) atoms. The average molecular weight is 414 g/mol. The molecule has 1 heterocycles. The molecule has 1 aliphatic heterocycles. The minimum Gasteiger partial charge on any atom is -0.338 e. The van der Waals surface area contributed by atoms with E-state index in [1.165, 1.54) is 11.1 Å². The summed E-state index contributed by atoms with van der Waals surface area (Å²) in [6.45, 7) is 1.04. The fourth-order valence-corrected chi connectivity index (χ4v) is 4.12. The van der Waals surface area contributed by atoms with Gasteiger partial charge in [0, 0.05) is 31.1 Å². The first-order valence-corrected chi connectivity index (χ1v) is 10.7. The number of rotatable bonds is 7. The van der Waals surface area contributed by atoms with Crippen molar-refractivity contribution in [3.8, 4) is 0 Å². The van der Waals surface area contributed by atoms with E-state index in [4.69, 9.17) is 0 Å². The van der Waals surface area contributed by atoms with E-state index in [1.807, 2.05) is 66.7 Å². The monoisotopic (exact) mass is 413 g/mol. The highest BCUT2D eigenvalue weighted by molar-refractivity contribution is 5.96. The number of carbonyl (C=O) groups is 2. The number of hydrogen-bond acceptors (Lipinski definition) is 2. The van der Waals surface area contributed by atoms with E-state index in [0.717, 1.165) is 12.1 Å². The average Bonchev–Trinajstić information content (AvgIpc) is 3.18. The predicted molar refractivity (Wildman–Crippen MR) is 123 cm³/mol. The zero-order chi connectivity index (χ0) is 21.5. The molecule has 2 N–H and O–H groups in total. The van der Waals surface area contributed by atoms with E-state index in [-0.39, 0.29) is 23.9 Å². The molecule has 0 aliphatic carbocycles. The Labute approximate surface area is 183 Å². The summed E-state index contributed by atoms with van der Waals surface area (Å²) in [4.78, 5) is 26.5. The Balaban J connectivity index is 1.31. The van der Waals surface area contributed by atoms with E-state index in [9.17, 15) is 9.59 Å². The van der Waals surface area contributed by atoms with Gasteiger partial charge in [-0.05, 0) is 29.7 Å². The SMILES string of the molecule is O=C(NCCC(c1ccccc1)c1ccccc1)NC1CC(=O)N(c2ccccc2)C1. The standard InChI is InChI=1S/C26H27N3O2/c30-25-18-22(19-29(25)23-14-8-3-9-15-23)28-26(31)27-17-16-24(20-10-4-1-5-11-20)21-12-6-2-7-13-21/h1-15,22,24H,16-19H2,(H2,27,28,31). The van der Waals surface area contributed by atoms with Crippen molar-refractivity contribution in [1.29, 1.82) is 0 Å². The molecule has 5 heteroatoms. The van der Waals surface area contributed by atoms with E-state index < -0.39 is 0 Å². The normalized spacial score (nSPS) is 15.8. The van der Waals surface area contributed by atoms with Crippen LogP contribution in [-0.2, 0) is 4.79 Å². The Morgan fingerprint density at radius 3 is 2.00 bits per heavy atom. The van der Waals surface area contributed by atoms with E-state index >= 15 is 0 Å². The van der Waals surface area contributed by atoms with Crippen LogP contribution in [-0.4, -0.2) is 31.1 Å². The molecule has 5 nitrogen and oxygen atoms in total. The van der Waals surface area contributed by atoms with Gasteiger partial charge in [0.15, 0.2) is 0 Å². The van der Waals surface area contributed by atoms with Gasteiger partial charge in [0.05, 0.1) is 6.04 Å². The first-order chi connectivity index (χ1) is 15.2. The van der Waals surface area contributed by atoms with Crippen molar-refractivity contribution in [2.75, 3.05) is 18.0 Å². The number of amides is 3. The van der Waals surface area contributed by atoms with Crippen LogP contribution in [0.2, 0.25) is 0 Å². The highest BCUT2D eigenvalue weighted by atomic mass is 16.2. The van der Waals surface area contributed by atoms with Gasteiger partial charge in [-0.25, -0.2) is 4.79 Å². The maximum atomic E-state index is 12.5. The Morgan fingerprint density at radius 1 is 0.871 bits per heavy atom. The van der Waals surface area contributed by atoms with Gasteiger partial charge in [0.2, 0.25) is 5.91 Å². The number of nitrogens with one attached hydrogen (secondary N) is 2. The molecule has 0 saturated carbocycles. The van der Waals surface area contributed by atoms with Crippen molar-refractivity contribution in [3.63, 3.8) is 0 Å². The van der Waals surface area contributed by atoms with Crippen LogP contribution in [0.1, 0.15) is 29.9 Å². The van der Waals surface area contributed by atoms with Crippen LogP contribution in [0.4, 0.5) is 10.5 Å². The summed E-state index contributed by atoms with van der Waals surface area (Å²) in [7, 11) is 0. The van der Waals surface area contributed by atoms with E-state index in [1.54, 1.807) is 4.90 Å². The third-order valence-electron chi connectivity index (χ3n) is 5.65. The van der Waals surface area contributed by atoms with Crippen LogP contribution in [0.15, 0.2) is 91.0 Å². The highest BCUT2D eigenvalue weighted by Crippen LogP contribution is 2.27. The topological polar surface area (TPSA) is 61.4 Å². The molecule has 0 aromatic heterocycles. The second-order valence-electron chi connectivity index (χ2n) is 7.80. The molecule has 158 valence electrons. The van der Waals surface area contributed by atoms with Gasteiger partial charge in [-0.3, -0.25) is 4.79 Å². The number of hydrogen-bond donors (Lipinski definition) is 2. The third-order valence-corrected chi connectivity index (χ3v) is 5.65. The Morgan fingerprint density at radius 2 is 1.42 bits per heavy atom. The predicted octanol–water partition coefficient (Wildman–Crippen LogP) is 4.31. The minimum atomic E-state index is -0.229. The molecule has 1 aliphatic rings. The van der Waals surface area contributed by atoms with Gasteiger partial charge >= 0.3 is 6.03 Å². The van der Waals surface area contributed by atoms with Crippen molar-refractivity contribution in [2.45, 2.75) is 24.8 Å². The third kappa shape index (κ3) is 5.31. The molecule has 1 fully saturated rings. The molecule has 3 aromatic carbocycles. The lowest BCUT2D eigenvalue weighted by atomic mass is 9.88. The van der Waals surface area contributed by atoms with Crippen LogP contribution >= 0.6 is 0 Å². The number of benzene rings is 3. The largest absolute Gasteiger partial charge is 0.338 e. The quantitative estimate of drug-likeness (QED) is 0.606. The van der Waals surface area contributed by atoms with E-state index in [0.29, 0.717) is 19.5 Å². The van der Waals surface area contributed by atoms with Crippen molar-refractivity contribution in [3.05, 3.63) is 102 Å². The first kappa shape index (κ1) is 20.7. The molecule has 0 bridgehead atoms. The van der Waals surface area contributed by atoms with Gasteiger partial charge in [-0.15, -0.1) is 0 Å². The lowest BCUT2D eigenvalue weighted by Crippen LogP contribution is -2.43. The molecule has 0 spiro atoms. The van der Waals surface area contributed by atoms with Gasteiger partial charge in [-0.2, -0.15) is 0 Å². The fourth-order valence-electron chi connectivity index (χ4n) is 4.12. The summed E-state index contributed by atoms with van der Waals surface area (Å²) in [5, 5.41) is 5.92. The second kappa shape index (κ2) is 9.94. The summed E-state index contributed by atoms with van der Waals surface area (Å²) >= 11 is 0. The minimum absolute atomic E-state index is 0.0321. The summed E-state index contributed by atoms with van der Waals surface area (Å²) in [5.74, 6) is 0.244. The molecular weight excluding hydrogens is 386 g/mol. The summed E-state index contributed by atoms with van der Waals surface area (Å²) in [6.07, 6.45) is 1.11. The molecular formula is C26H27N3O2. The summed E-state index contributed by atoms with van der Waals surface area (Å²) in [6, 6.07) is 29.8. The zero-order valence-corrected chi connectivity index (χ0v) is 17.4. The summed E-state index contributed by atoms with van der Waals surface area (Å²) < 4.78 is 0. The zero-order valence-electron chi connectivity index (χ0n) is 17.4. The van der Waals surface area contributed by atoms with Gasteiger partial charge in [-0.1, -0.05) is 78.9 Å². The molecule has 3 aromatic rings. The lowest BCUT2D eigenvalue weighted by molar-refractivity contribution is -0.117. The van der Waals surface area contributed by atoms with Gasteiger partial charge in [0.1, 0.15) is 0 Å².